The Morgan fingerprint density at radius 2 is 1.82 bits per heavy atom. The van der Waals surface area contributed by atoms with Crippen molar-refractivity contribution in [2.45, 2.75) is 12.6 Å². The minimum absolute atomic E-state index is 0.0222. The molecule has 5 nitrogen and oxygen atoms in total. The van der Waals surface area contributed by atoms with Crippen molar-refractivity contribution in [2.75, 3.05) is 66.1 Å². The molecule has 0 spiro atoms. The Bertz CT molecular complexity index is 371. The first-order valence-electron chi connectivity index (χ1n) is 7.68. The number of likely N-dealkylation sites (tertiary alicyclic amines) is 1. The van der Waals surface area contributed by atoms with Crippen LogP contribution >= 0.6 is 0 Å². The summed E-state index contributed by atoms with van der Waals surface area (Å²) in [6, 6.07) is 0. The Labute approximate surface area is 129 Å². The van der Waals surface area contributed by atoms with Crippen molar-refractivity contribution in [2.24, 2.45) is 5.92 Å². The van der Waals surface area contributed by atoms with Gasteiger partial charge in [-0.2, -0.15) is 13.2 Å². The van der Waals surface area contributed by atoms with Gasteiger partial charge in [0.05, 0.1) is 19.1 Å². The molecule has 1 atom stereocenters. The standard InChI is InChI=1S/C14H24F3N3O2/c1-22-9-8-18-3-2-12(10-18)13(21)20-6-4-19(5-7-20)11-14(15,16)17/h12H,2-11H2,1H3. The number of ether oxygens (including phenoxy) is 1. The summed E-state index contributed by atoms with van der Waals surface area (Å²) in [5, 5.41) is 0. The predicted octanol–water partition coefficient (Wildman–Crippen LogP) is 0.661. The normalized spacial score (nSPS) is 24.9. The molecule has 1 amide bonds. The molecule has 2 aliphatic heterocycles. The van der Waals surface area contributed by atoms with E-state index in [1.54, 1.807) is 12.0 Å². The smallest absolute Gasteiger partial charge is 0.383 e. The quantitative estimate of drug-likeness (QED) is 0.745. The lowest BCUT2D eigenvalue weighted by atomic mass is 10.1. The molecule has 2 saturated heterocycles. The number of carbonyl (C=O) groups is 1. The molecule has 8 heteroatoms. The Balaban J connectivity index is 1.74. The van der Waals surface area contributed by atoms with Gasteiger partial charge in [-0.05, 0) is 13.0 Å². The molecular weight excluding hydrogens is 299 g/mol. The Hall–Kier alpha value is -0.860. The first-order chi connectivity index (χ1) is 10.4. The highest BCUT2D eigenvalue weighted by atomic mass is 19.4. The van der Waals surface area contributed by atoms with E-state index in [4.69, 9.17) is 4.74 Å². The van der Waals surface area contributed by atoms with Crippen LogP contribution in [-0.2, 0) is 9.53 Å². The summed E-state index contributed by atoms with van der Waals surface area (Å²) >= 11 is 0. The summed E-state index contributed by atoms with van der Waals surface area (Å²) in [6.45, 7) is 3.57. The molecule has 0 aromatic heterocycles. The number of nitrogens with zero attached hydrogens (tertiary/aromatic N) is 3. The van der Waals surface area contributed by atoms with Crippen LogP contribution in [0, 0.1) is 5.92 Å². The molecule has 2 rings (SSSR count). The molecule has 22 heavy (non-hydrogen) atoms. The van der Waals surface area contributed by atoms with Gasteiger partial charge in [-0.3, -0.25) is 9.69 Å². The van der Waals surface area contributed by atoms with Gasteiger partial charge in [-0.15, -0.1) is 0 Å². The molecule has 128 valence electrons. The van der Waals surface area contributed by atoms with Gasteiger partial charge >= 0.3 is 6.18 Å². The van der Waals surface area contributed by atoms with E-state index in [2.05, 4.69) is 4.90 Å². The minimum Gasteiger partial charge on any atom is -0.383 e. The third-order valence-electron chi connectivity index (χ3n) is 4.32. The Morgan fingerprint density at radius 3 is 2.41 bits per heavy atom. The predicted molar refractivity (Wildman–Crippen MR) is 75.5 cm³/mol. The van der Waals surface area contributed by atoms with Crippen molar-refractivity contribution in [1.29, 1.82) is 0 Å². The van der Waals surface area contributed by atoms with Crippen LogP contribution in [0.2, 0.25) is 0 Å². The van der Waals surface area contributed by atoms with Crippen LogP contribution < -0.4 is 0 Å². The van der Waals surface area contributed by atoms with Gasteiger partial charge in [0, 0.05) is 46.4 Å². The zero-order valence-corrected chi connectivity index (χ0v) is 12.9. The van der Waals surface area contributed by atoms with Gasteiger partial charge in [0.2, 0.25) is 5.91 Å². The van der Waals surface area contributed by atoms with Crippen molar-refractivity contribution in [3.8, 4) is 0 Å². The summed E-state index contributed by atoms with van der Waals surface area (Å²) < 4.78 is 42.1. The second-order valence-corrected chi connectivity index (χ2v) is 6.00. The molecule has 0 bridgehead atoms. The van der Waals surface area contributed by atoms with Gasteiger partial charge in [-0.1, -0.05) is 0 Å². The van der Waals surface area contributed by atoms with E-state index in [9.17, 15) is 18.0 Å². The lowest BCUT2D eigenvalue weighted by Crippen LogP contribution is -2.52. The van der Waals surface area contributed by atoms with Gasteiger partial charge in [0.1, 0.15) is 0 Å². The molecular formula is C14H24F3N3O2. The fourth-order valence-corrected chi connectivity index (χ4v) is 3.10. The number of piperazine rings is 1. The first-order valence-corrected chi connectivity index (χ1v) is 7.68. The summed E-state index contributed by atoms with van der Waals surface area (Å²) in [6.07, 6.45) is -3.34. The number of methoxy groups -OCH3 is 1. The number of amides is 1. The average molecular weight is 323 g/mol. The van der Waals surface area contributed by atoms with Crippen LogP contribution in [0.15, 0.2) is 0 Å². The summed E-state index contributed by atoms with van der Waals surface area (Å²) in [5.74, 6) is 0.0672. The van der Waals surface area contributed by atoms with Crippen molar-refractivity contribution in [3.63, 3.8) is 0 Å². The van der Waals surface area contributed by atoms with Gasteiger partial charge in [0.15, 0.2) is 0 Å². The monoisotopic (exact) mass is 323 g/mol. The second-order valence-electron chi connectivity index (χ2n) is 6.00. The lowest BCUT2D eigenvalue weighted by Gasteiger charge is -2.36. The van der Waals surface area contributed by atoms with Crippen molar-refractivity contribution < 1.29 is 22.7 Å². The molecule has 2 aliphatic rings. The van der Waals surface area contributed by atoms with E-state index in [1.807, 2.05) is 0 Å². The highest BCUT2D eigenvalue weighted by molar-refractivity contribution is 5.79. The van der Waals surface area contributed by atoms with Gasteiger partial charge in [-0.25, -0.2) is 0 Å². The maximum atomic E-state index is 12.4. The van der Waals surface area contributed by atoms with Crippen LogP contribution in [0.5, 0.6) is 0 Å². The number of halogens is 3. The second kappa shape index (κ2) is 7.61. The van der Waals surface area contributed by atoms with E-state index in [0.29, 0.717) is 32.8 Å². The largest absolute Gasteiger partial charge is 0.401 e. The minimum atomic E-state index is -4.17. The topological polar surface area (TPSA) is 36.0 Å². The van der Waals surface area contributed by atoms with E-state index >= 15 is 0 Å². The number of alkyl halides is 3. The zero-order valence-electron chi connectivity index (χ0n) is 12.9. The number of rotatable bonds is 5. The summed E-state index contributed by atoms with van der Waals surface area (Å²) in [5.41, 5.74) is 0. The van der Waals surface area contributed by atoms with Crippen molar-refractivity contribution >= 4 is 5.91 Å². The highest BCUT2D eigenvalue weighted by Crippen LogP contribution is 2.21. The van der Waals surface area contributed by atoms with E-state index in [1.165, 1.54) is 4.90 Å². The molecule has 0 aromatic carbocycles. The maximum Gasteiger partial charge on any atom is 0.401 e. The van der Waals surface area contributed by atoms with Crippen LogP contribution in [0.1, 0.15) is 6.42 Å². The number of hydrogen-bond donors (Lipinski definition) is 0. The van der Waals surface area contributed by atoms with Crippen LogP contribution in [0.25, 0.3) is 0 Å². The van der Waals surface area contributed by atoms with Crippen LogP contribution in [-0.4, -0.2) is 92.9 Å². The fraction of sp³-hybridized carbons (Fsp3) is 0.929. The Morgan fingerprint density at radius 1 is 1.14 bits per heavy atom. The zero-order chi connectivity index (χ0) is 16.2. The summed E-state index contributed by atoms with van der Waals surface area (Å²) in [4.78, 5) is 17.7. The molecule has 2 heterocycles. The van der Waals surface area contributed by atoms with E-state index in [-0.39, 0.29) is 11.8 Å². The summed E-state index contributed by atoms with van der Waals surface area (Å²) in [7, 11) is 1.65. The molecule has 0 radical (unpaired) electrons. The van der Waals surface area contributed by atoms with Crippen molar-refractivity contribution in [1.82, 2.24) is 14.7 Å². The third kappa shape index (κ3) is 5.10. The number of hydrogen-bond acceptors (Lipinski definition) is 4. The lowest BCUT2D eigenvalue weighted by molar-refractivity contribution is -0.152. The Kier molecular flexibility index (Phi) is 6.05. The van der Waals surface area contributed by atoms with Crippen molar-refractivity contribution in [3.05, 3.63) is 0 Å². The maximum absolute atomic E-state index is 12.4. The highest BCUT2D eigenvalue weighted by Gasteiger charge is 2.35. The molecule has 0 aliphatic carbocycles. The number of carbonyl (C=O) groups excluding carboxylic acids is 1. The van der Waals surface area contributed by atoms with Gasteiger partial charge in [0.25, 0.3) is 0 Å². The average Bonchev–Trinajstić information content (AvgIpc) is 2.92. The van der Waals surface area contributed by atoms with Crippen LogP contribution in [0.3, 0.4) is 0 Å². The molecule has 0 aromatic rings. The van der Waals surface area contributed by atoms with E-state index < -0.39 is 12.7 Å². The first kappa shape index (κ1) is 17.5. The van der Waals surface area contributed by atoms with E-state index in [0.717, 1.165) is 26.1 Å². The van der Waals surface area contributed by atoms with Gasteiger partial charge < -0.3 is 14.5 Å². The molecule has 2 fully saturated rings. The van der Waals surface area contributed by atoms with Crippen LogP contribution in [0.4, 0.5) is 13.2 Å². The molecule has 0 saturated carbocycles. The fourth-order valence-electron chi connectivity index (χ4n) is 3.10. The third-order valence-corrected chi connectivity index (χ3v) is 4.32. The molecule has 0 N–H and O–H groups in total. The molecule has 1 unspecified atom stereocenters. The SMILES string of the molecule is COCCN1CCC(C(=O)N2CCN(CC(F)(F)F)CC2)C1.